The van der Waals surface area contributed by atoms with Crippen LogP contribution in [0.3, 0.4) is 0 Å². The van der Waals surface area contributed by atoms with Crippen molar-refractivity contribution in [1.29, 1.82) is 0 Å². The number of hydrogen-bond acceptors (Lipinski definition) is 6. The summed E-state index contributed by atoms with van der Waals surface area (Å²) in [5.74, 6) is -0.305. The number of hydrogen-bond donors (Lipinski definition) is 0. The summed E-state index contributed by atoms with van der Waals surface area (Å²) < 4.78 is 35.3. The lowest BCUT2D eigenvalue weighted by molar-refractivity contribution is 0.00781. The molecule has 7 heteroatoms. The summed E-state index contributed by atoms with van der Waals surface area (Å²) in [7, 11) is -3.50. The highest BCUT2D eigenvalue weighted by Gasteiger charge is 2.32. The Morgan fingerprint density at radius 1 is 1.50 bits per heavy atom. The number of ether oxygens (including phenoxy) is 2. The Morgan fingerprint density at radius 3 is 2.57 bits per heavy atom. The van der Waals surface area contributed by atoms with Crippen LogP contribution in [0.15, 0.2) is 0 Å². The average molecular weight is 224 g/mol. The van der Waals surface area contributed by atoms with Gasteiger partial charge in [-0.1, -0.05) is 0 Å². The molecule has 1 fully saturated rings. The second kappa shape index (κ2) is 4.14. The highest BCUT2D eigenvalue weighted by Crippen LogP contribution is 2.12. The molecule has 82 valence electrons. The van der Waals surface area contributed by atoms with Crippen LogP contribution in [0.1, 0.15) is 13.8 Å². The Kier molecular flexibility index (Phi) is 3.33. The van der Waals surface area contributed by atoms with Crippen LogP contribution in [0.25, 0.3) is 0 Å². The first kappa shape index (κ1) is 11.3. The fraction of sp³-hybridized carbons (Fsp3) is 0.857. The van der Waals surface area contributed by atoms with Gasteiger partial charge in [-0.3, -0.25) is 4.18 Å². The van der Waals surface area contributed by atoms with Crippen LogP contribution in [-0.4, -0.2) is 39.1 Å². The van der Waals surface area contributed by atoms with Gasteiger partial charge in [0.05, 0.1) is 6.10 Å². The van der Waals surface area contributed by atoms with Gasteiger partial charge in [-0.15, -0.1) is 0 Å². The van der Waals surface area contributed by atoms with Gasteiger partial charge in [0.25, 0.3) is 10.1 Å². The minimum Gasteiger partial charge on any atom is -0.432 e. The van der Waals surface area contributed by atoms with Crippen molar-refractivity contribution in [3.63, 3.8) is 0 Å². The van der Waals surface area contributed by atoms with E-state index < -0.39 is 22.4 Å². The summed E-state index contributed by atoms with van der Waals surface area (Å²) in [5.41, 5.74) is 0. The van der Waals surface area contributed by atoms with Gasteiger partial charge in [-0.05, 0) is 13.8 Å². The molecular weight excluding hydrogens is 212 g/mol. The van der Waals surface area contributed by atoms with Gasteiger partial charge in [0, 0.05) is 0 Å². The number of rotatable bonds is 2. The molecule has 14 heavy (non-hydrogen) atoms. The maximum atomic E-state index is 10.9. The fourth-order valence-corrected chi connectivity index (χ4v) is 2.00. The molecular formula is C7H12O6S. The Bertz CT molecular complexity index is 306. The third-order valence-electron chi connectivity index (χ3n) is 1.42. The summed E-state index contributed by atoms with van der Waals surface area (Å²) in [6, 6.07) is 0. The largest absolute Gasteiger partial charge is 0.508 e. The highest BCUT2D eigenvalue weighted by molar-refractivity contribution is 7.87. The molecule has 6 nitrogen and oxygen atoms in total. The third kappa shape index (κ3) is 3.51. The van der Waals surface area contributed by atoms with E-state index in [1.807, 2.05) is 0 Å². The van der Waals surface area contributed by atoms with E-state index in [1.54, 1.807) is 13.8 Å². The molecule has 0 bridgehead atoms. The minimum atomic E-state index is -3.50. The number of carbonyl (C=O) groups is 1. The average Bonchev–Trinajstić information content (AvgIpc) is 2.27. The summed E-state index contributed by atoms with van der Waals surface area (Å²) in [6.45, 7) is 3.21. The van der Waals surface area contributed by atoms with Crippen LogP contribution in [0, 0.1) is 0 Å². The van der Waals surface area contributed by atoms with Crippen LogP contribution < -0.4 is 0 Å². The molecule has 1 heterocycles. The molecule has 1 unspecified atom stereocenters. The van der Waals surface area contributed by atoms with E-state index in [4.69, 9.17) is 4.74 Å². The minimum absolute atomic E-state index is 0.129. The maximum absolute atomic E-state index is 10.9. The summed E-state index contributed by atoms with van der Waals surface area (Å²) in [6.07, 6.45) is -1.92. The zero-order valence-corrected chi connectivity index (χ0v) is 8.74. The smallest absolute Gasteiger partial charge is 0.432 e. The van der Waals surface area contributed by atoms with Crippen LogP contribution in [0.2, 0.25) is 0 Å². The zero-order valence-electron chi connectivity index (χ0n) is 7.93. The van der Waals surface area contributed by atoms with Crippen molar-refractivity contribution in [1.82, 2.24) is 0 Å². The van der Waals surface area contributed by atoms with Gasteiger partial charge in [-0.25, -0.2) is 4.79 Å². The lowest BCUT2D eigenvalue weighted by Gasteiger charge is -2.10. The van der Waals surface area contributed by atoms with E-state index in [1.165, 1.54) is 0 Å². The van der Waals surface area contributed by atoms with Crippen molar-refractivity contribution in [3.8, 4) is 0 Å². The highest BCUT2D eigenvalue weighted by atomic mass is 32.2. The van der Waals surface area contributed by atoms with E-state index >= 15 is 0 Å². The Morgan fingerprint density at radius 2 is 2.14 bits per heavy atom. The van der Waals surface area contributed by atoms with Gasteiger partial charge in [0.1, 0.15) is 18.5 Å². The molecule has 0 aromatic heterocycles. The van der Waals surface area contributed by atoms with Gasteiger partial charge in [-0.2, -0.15) is 8.42 Å². The van der Waals surface area contributed by atoms with Crippen molar-refractivity contribution < 1.29 is 26.9 Å². The van der Waals surface area contributed by atoms with E-state index in [0.717, 1.165) is 0 Å². The lowest BCUT2D eigenvalue weighted by atomic mass is 10.4. The molecule has 0 aliphatic carbocycles. The maximum Gasteiger partial charge on any atom is 0.508 e. The molecule has 1 aliphatic rings. The van der Waals surface area contributed by atoms with E-state index in [9.17, 15) is 13.2 Å². The Labute approximate surface area is 82.3 Å². The molecule has 0 spiro atoms. The Balaban J connectivity index is 2.36. The molecule has 1 rings (SSSR count). The first-order valence-electron chi connectivity index (χ1n) is 4.13. The normalized spacial score (nSPS) is 24.9. The topological polar surface area (TPSA) is 78.9 Å². The second-order valence-corrected chi connectivity index (χ2v) is 4.85. The quantitative estimate of drug-likeness (QED) is 0.495. The first-order chi connectivity index (χ1) is 6.39. The lowest BCUT2D eigenvalue weighted by Crippen LogP contribution is -2.24. The molecule has 1 saturated heterocycles. The summed E-state index contributed by atoms with van der Waals surface area (Å²) >= 11 is 0. The van der Waals surface area contributed by atoms with Crippen molar-refractivity contribution >= 4 is 16.3 Å². The summed E-state index contributed by atoms with van der Waals surface area (Å²) in [5, 5.41) is 0. The fourth-order valence-electron chi connectivity index (χ4n) is 0.928. The monoisotopic (exact) mass is 224 g/mol. The molecule has 0 aromatic carbocycles. The standard InChI is InChI=1S/C7H12O6S/c1-5(2)12-7(8)13-6-3-11-14(9,10)4-6/h5-6H,3-4H2,1-2H3. The number of carbonyl (C=O) groups excluding carboxylic acids is 1. The summed E-state index contributed by atoms with van der Waals surface area (Å²) in [4.78, 5) is 10.9. The van der Waals surface area contributed by atoms with Crippen LogP contribution in [0.5, 0.6) is 0 Å². The van der Waals surface area contributed by atoms with Crippen LogP contribution in [-0.2, 0) is 23.8 Å². The molecule has 0 N–H and O–H groups in total. The third-order valence-corrected chi connectivity index (χ3v) is 2.69. The van der Waals surface area contributed by atoms with Crippen LogP contribution >= 0.6 is 0 Å². The predicted molar refractivity (Wildman–Crippen MR) is 46.2 cm³/mol. The van der Waals surface area contributed by atoms with Crippen molar-refractivity contribution in [2.75, 3.05) is 12.4 Å². The SMILES string of the molecule is CC(C)OC(=O)OC1COS(=O)(=O)C1. The Hall–Kier alpha value is -0.820. The van der Waals surface area contributed by atoms with Gasteiger partial charge in [0.2, 0.25) is 0 Å². The molecule has 0 amide bonds. The van der Waals surface area contributed by atoms with Crippen molar-refractivity contribution in [2.24, 2.45) is 0 Å². The molecule has 1 atom stereocenters. The van der Waals surface area contributed by atoms with Gasteiger partial charge >= 0.3 is 6.16 Å². The molecule has 1 aliphatic heterocycles. The molecule has 0 saturated carbocycles. The molecule has 0 aromatic rings. The van der Waals surface area contributed by atoms with Crippen LogP contribution in [0.4, 0.5) is 4.79 Å². The van der Waals surface area contributed by atoms with Crippen molar-refractivity contribution in [3.05, 3.63) is 0 Å². The van der Waals surface area contributed by atoms with Crippen molar-refractivity contribution in [2.45, 2.75) is 26.1 Å². The van der Waals surface area contributed by atoms with E-state index in [2.05, 4.69) is 8.92 Å². The van der Waals surface area contributed by atoms with Gasteiger partial charge in [0.15, 0.2) is 0 Å². The van der Waals surface area contributed by atoms with E-state index in [0.29, 0.717) is 0 Å². The second-order valence-electron chi connectivity index (χ2n) is 3.17. The van der Waals surface area contributed by atoms with E-state index in [-0.39, 0.29) is 18.5 Å². The zero-order chi connectivity index (χ0) is 10.8. The van der Waals surface area contributed by atoms with Gasteiger partial charge < -0.3 is 9.47 Å². The predicted octanol–water partition coefficient (Wildman–Crippen LogP) is 0.277. The first-order valence-corrected chi connectivity index (χ1v) is 5.71. The molecule has 0 radical (unpaired) electrons.